The highest BCUT2D eigenvalue weighted by Gasteiger charge is 2.82. The molecule has 1 rings (SSSR count). The second kappa shape index (κ2) is 6.01. The first-order chi connectivity index (χ1) is 11.0. The normalized spacial score (nSPS) is 42.6. The van der Waals surface area contributed by atoms with Crippen molar-refractivity contribution in [2.24, 2.45) is 0 Å². The second-order valence-electron chi connectivity index (χ2n) is 6.41. The van der Waals surface area contributed by atoms with Gasteiger partial charge in [0, 0.05) is 0 Å². The van der Waals surface area contributed by atoms with Gasteiger partial charge in [-0.05, 0) is 34.6 Å². The number of rotatable bonds is 5. The lowest BCUT2D eigenvalue weighted by Gasteiger charge is -2.59. The van der Waals surface area contributed by atoms with Gasteiger partial charge in [-0.3, -0.25) is 19.2 Å². The van der Waals surface area contributed by atoms with Crippen molar-refractivity contribution in [1.82, 2.24) is 0 Å². The third kappa shape index (κ3) is 2.40. The molecule has 10 nitrogen and oxygen atoms in total. The molecule has 0 aliphatic carbocycles. The van der Waals surface area contributed by atoms with E-state index in [1.165, 1.54) is 0 Å². The summed E-state index contributed by atoms with van der Waals surface area (Å²) < 4.78 is 4.89. The van der Waals surface area contributed by atoms with Gasteiger partial charge in [-0.15, -0.1) is 0 Å². The van der Waals surface area contributed by atoms with E-state index in [1.807, 2.05) is 0 Å². The van der Waals surface area contributed by atoms with Gasteiger partial charge in [0.15, 0.2) is 34.8 Å². The number of hydrogen-bond donors (Lipinski definition) is 5. The third-order valence-corrected chi connectivity index (χ3v) is 4.70. The summed E-state index contributed by atoms with van der Waals surface area (Å²) in [5, 5.41) is 52.3. The van der Waals surface area contributed by atoms with Gasteiger partial charge in [-0.2, -0.15) is 0 Å². The van der Waals surface area contributed by atoms with E-state index in [4.69, 9.17) is 4.74 Å². The maximum Gasteiger partial charge on any atom is 0.215 e. The molecule has 25 heavy (non-hydrogen) atoms. The van der Waals surface area contributed by atoms with E-state index in [1.54, 1.807) is 0 Å². The van der Waals surface area contributed by atoms with E-state index in [-0.39, 0.29) is 0 Å². The minimum absolute atomic E-state index is 0.646. The molecule has 1 unspecified atom stereocenters. The summed E-state index contributed by atoms with van der Waals surface area (Å²) in [6.45, 7) is 3.64. The minimum Gasteiger partial charge on any atom is -0.386 e. The summed E-state index contributed by atoms with van der Waals surface area (Å²) in [4.78, 5) is 48.5. The molecule has 1 saturated heterocycles. The lowest BCUT2D eigenvalue weighted by atomic mass is 9.58. The maximum absolute atomic E-state index is 12.2. The lowest BCUT2D eigenvalue weighted by Crippen LogP contribution is -2.89. The average Bonchev–Trinajstić information content (AvgIpc) is 2.47. The summed E-state index contributed by atoms with van der Waals surface area (Å²) in [7, 11) is 0. The molecule has 0 aromatic carbocycles. The molecule has 6 atom stereocenters. The van der Waals surface area contributed by atoms with Crippen molar-refractivity contribution in [3.8, 4) is 0 Å². The lowest BCUT2D eigenvalue weighted by molar-refractivity contribution is -0.392. The van der Waals surface area contributed by atoms with Crippen molar-refractivity contribution in [2.75, 3.05) is 0 Å². The van der Waals surface area contributed by atoms with Crippen molar-refractivity contribution < 1.29 is 49.4 Å². The first-order valence-corrected chi connectivity index (χ1v) is 7.35. The summed E-state index contributed by atoms with van der Waals surface area (Å²) in [5.41, 5.74) is -10.6. The number of ketones is 4. The van der Waals surface area contributed by atoms with Crippen LogP contribution in [0.4, 0.5) is 0 Å². The van der Waals surface area contributed by atoms with Gasteiger partial charge >= 0.3 is 0 Å². The zero-order valence-electron chi connectivity index (χ0n) is 14.4. The van der Waals surface area contributed by atoms with Crippen LogP contribution < -0.4 is 0 Å². The molecule has 1 fully saturated rings. The first-order valence-electron chi connectivity index (χ1n) is 7.35. The van der Waals surface area contributed by atoms with E-state index in [0.29, 0.717) is 27.7 Å². The Bertz CT molecular complexity index is 638. The van der Waals surface area contributed by atoms with Crippen LogP contribution in [0.3, 0.4) is 0 Å². The fourth-order valence-electron chi connectivity index (χ4n) is 3.23. The Morgan fingerprint density at radius 1 is 0.880 bits per heavy atom. The Morgan fingerprint density at radius 2 is 1.28 bits per heavy atom. The van der Waals surface area contributed by atoms with E-state index in [2.05, 4.69) is 0 Å². The maximum atomic E-state index is 12.2. The molecule has 1 heterocycles. The molecule has 0 radical (unpaired) electrons. The first kappa shape index (κ1) is 21.5. The smallest absolute Gasteiger partial charge is 0.215 e. The molecule has 0 spiro atoms. The molecule has 5 N–H and O–H groups in total. The van der Waals surface area contributed by atoms with Crippen LogP contribution in [0.1, 0.15) is 34.6 Å². The number of carbonyl (C=O) groups is 4. The molecule has 0 bridgehead atoms. The largest absolute Gasteiger partial charge is 0.386 e. The molecule has 0 saturated carbocycles. The Morgan fingerprint density at radius 3 is 1.56 bits per heavy atom. The molecule has 142 valence electrons. The predicted molar refractivity (Wildman–Crippen MR) is 79.1 cm³/mol. The molecular weight excluding hydrogens is 340 g/mol. The number of carbonyl (C=O) groups excluding carboxylic acids is 4. The number of aliphatic hydroxyl groups excluding tert-OH is 1. The zero-order chi connectivity index (χ0) is 20.2. The Kier molecular flexibility index (Phi) is 5.16. The van der Waals surface area contributed by atoms with Crippen LogP contribution in [0.2, 0.25) is 0 Å². The highest BCUT2D eigenvalue weighted by Crippen LogP contribution is 2.50. The second-order valence-corrected chi connectivity index (χ2v) is 6.41. The minimum atomic E-state index is -3.63. The summed E-state index contributed by atoms with van der Waals surface area (Å²) >= 11 is 0. The van der Waals surface area contributed by atoms with Crippen molar-refractivity contribution in [3.63, 3.8) is 0 Å². The van der Waals surface area contributed by atoms with Crippen molar-refractivity contribution >= 4 is 23.1 Å². The van der Waals surface area contributed by atoms with Gasteiger partial charge in [0.25, 0.3) is 0 Å². The van der Waals surface area contributed by atoms with Gasteiger partial charge < -0.3 is 30.3 Å². The van der Waals surface area contributed by atoms with Crippen molar-refractivity contribution in [2.45, 2.75) is 69.4 Å². The van der Waals surface area contributed by atoms with Crippen molar-refractivity contribution in [1.29, 1.82) is 0 Å². The SMILES string of the molecule is CC(=O)[C@@]1(O)[C@](O)(C(C)=O)[C@@](O)(C(C)=O)[C@@H](C(=O)C(C)O)O[C@]1(C)O. The number of hydrogen-bond acceptors (Lipinski definition) is 10. The van der Waals surface area contributed by atoms with Crippen LogP contribution in [0.5, 0.6) is 0 Å². The van der Waals surface area contributed by atoms with Crippen LogP contribution in [0.25, 0.3) is 0 Å². The van der Waals surface area contributed by atoms with E-state index in [0.717, 1.165) is 6.92 Å². The summed E-state index contributed by atoms with van der Waals surface area (Å²) in [6.07, 6.45) is -4.26. The topological polar surface area (TPSA) is 179 Å². The average molecular weight is 362 g/mol. The summed E-state index contributed by atoms with van der Waals surface area (Å²) in [5.74, 6) is -8.70. The monoisotopic (exact) mass is 362 g/mol. The third-order valence-electron chi connectivity index (χ3n) is 4.70. The van der Waals surface area contributed by atoms with Crippen molar-refractivity contribution in [3.05, 3.63) is 0 Å². The van der Waals surface area contributed by atoms with Crippen LogP contribution in [0.15, 0.2) is 0 Å². The molecule has 0 aromatic rings. The summed E-state index contributed by atoms with van der Waals surface area (Å²) in [6, 6.07) is 0. The Hall–Kier alpha value is -1.56. The van der Waals surface area contributed by atoms with Crippen LogP contribution >= 0.6 is 0 Å². The fourth-order valence-corrected chi connectivity index (χ4v) is 3.23. The van der Waals surface area contributed by atoms with Crippen LogP contribution in [0, 0.1) is 0 Å². The van der Waals surface area contributed by atoms with E-state index in [9.17, 15) is 44.7 Å². The molecule has 10 heteroatoms. The van der Waals surface area contributed by atoms with Gasteiger partial charge in [-0.1, -0.05) is 0 Å². The molecule has 1 aliphatic heterocycles. The highest BCUT2D eigenvalue weighted by molar-refractivity contribution is 6.08. The molecule has 0 amide bonds. The van der Waals surface area contributed by atoms with E-state index < -0.39 is 57.9 Å². The van der Waals surface area contributed by atoms with Gasteiger partial charge in [0.2, 0.25) is 17.0 Å². The highest BCUT2D eigenvalue weighted by atomic mass is 16.7. The quantitative estimate of drug-likeness (QED) is 0.338. The van der Waals surface area contributed by atoms with Crippen LogP contribution in [-0.2, 0) is 23.9 Å². The van der Waals surface area contributed by atoms with Gasteiger partial charge in [0.05, 0.1) is 0 Å². The Labute approximate surface area is 143 Å². The fraction of sp³-hybridized carbons (Fsp3) is 0.733. The van der Waals surface area contributed by atoms with Crippen LogP contribution in [-0.4, -0.2) is 83.5 Å². The molecule has 1 aliphatic rings. The van der Waals surface area contributed by atoms with Gasteiger partial charge in [0.1, 0.15) is 6.10 Å². The van der Waals surface area contributed by atoms with E-state index >= 15 is 0 Å². The molecule has 0 aromatic heterocycles. The van der Waals surface area contributed by atoms with Gasteiger partial charge in [-0.25, -0.2) is 0 Å². The Balaban J connectivity index is 3.99. The number of Topliss-reactive ketones (excluding diaryl/α,β-unsaturated/α-hetero) is 4. The predicted octanol–water partition coefficient (Wildman–Crippen LogP) is -3.00. The molecular formula is C15H22O10. The number of aliphatic hydroxyl groups is 5. The zero-order valence-corrected chi connectivity index (χ0v) is 14.4. The standard InChI is InChI=1S/C15H22O10/c1-6(16)10(20)11-13(22,7(2)17)15(24,9(4)19)14(23,8(3)18)12(5,21)25-11/h6,11,16,21-24H,1-5H3/t6?,11-,12+,13-,14+,15+/m1/s1. The number of ether oxygens (including phenoxy) is 1.